The lowest BCUT2D eigenvalue weighted by Crippen LogP contribution is -2.27. The number of unbranched alkanes of at least 4 members (excludes halogenated alkanes) is 17. The van der Waals surface area contributed by atoms with Gasteiger partial charge in [-0.15, -0.1) is 0 Å². The Hall–Kier alpha value is -3.21. The topological polar surface area (TPSA) is 55.8 Å². The summed E-state index contributed by atoms with van der Waals surface area (Å²) in [4.78, 5) is 12.3. The van der Waals surface area contributed by atoms with Crippen LogP contribution in [0.1, 0.15) is 206 Å². The Kier molecular flexibility index (Phi) is 50.1. The van der Waals surface area contributed by atoms with Crippen LogP contribution in [0, 0.1) is 0 Å². The van der Waals surface area contributed by atoms with Crippen molar-refractivity contribution in [1.82, 2.24) is 0 Å². The van der Waals surface area contributed by atoms with Gasteiger partial charge < -0.3 is 14.6 Å². The maximum absolute atomic E-state index is 12.3. The summed E-state index contributed by atoms with van der Waals surface area (Å²) in [6, 6.07) is 0. The molecule has 346 valence electrons. The first-order chi connectivity index (χ1) is 30.2. The number of carbonyl (C=O) groups is 1. The van der Waals surface area contributed by atoms with Gasteiger partial charge in [-0.05, 0) is 103 Å². The molecule has 0 aromatic heterocycles. The lowest BCUT2D eigenvalue weighted by molar-refractivity contribution is -0.154. The predicted molar refractivity (Wildman–Crippen MR) is 269 cm³/mol. The molecular weight excluding hydrogens is 749 g/mol. The van der Waals surface area contributed by atoms with E-state index in [1.54, 1.807) is 0 Å². The highest BCUT2D eigenvalue weighted by molar-refractivity contribution is 5.69. The minimum atomic E-state index is -0.553. The van der Waals surface area contributed by atoms with Gasteiger partial charge in [-0.2, -0.15) is 0 Å². The highest BCUT2D eigenvalue weighted by Gasteiger charge is 2.13. The van der Waals surface area contributed by atoms with Crippen molar-refractivity contribution in [1.29, 1.82) is 0 Å². The number of rotatable bonds is 45. The molecule has 0 spiro atoms. The van der Waals surface area contributed by atoms with Gasteiger partial charge in [0.2, 0.25) is 0 Å². The maximum Gasteiger partial charge on any atom is 0.306 e. The normalized spacial score (nSPS) is 13.4. The molecule has 0 aliphatic heterocycles. The van der Waals surface area contributed by atoms with Crippen molar-refractivity contribution in [2.75, 3.05) is 19.8 Å². The molecule has 1 atom stereocenters. The van der Waals surface area contributed by atoms with E-state index in [0.717, 1.165) is 96.3 Å². The van der Waals surface area contributed by atoms with Crippen LogP contribution < -0.4 is 0 Å². The summed E-state index contributed by atoms with van der Waals surface area (Å²) in [5.41, 5.74) is 0. The second-order valence-corrected chi connectivity index (χ2v) is 16.1. The molecule has 0 amide bonds. The van der Waals surface area contributed by atoms with Gasteiger partial charge in [0.05, 0.1) is 13.2 Å². The fraction of sp³-hybridized carbons (Fsp3) is 0.632. The zero-order valence-corrected chi connectivity index (χ0v) is 39.6. The van der Waals surface area contributed by atoms with Crippen LogP contribution in [-0.4, -0.2) is 37.0 Å². The van der Waals surface area contributed by atoms with E-state index in [1.807, 2.05) is 0 Å². The van der Waals surface area contributed by atoms with Crippen LogP contribution in [0.3, 0.4) is 0 Å². The largest absolute Gasteiger partial charge is 0.457 e. The van der Waals surface area contributed by atoms with Gasteiger partial charge in [0.15, 0.2) is 0 Å². The molecule has 0 fully saturated rings. The summed E-state index contributed by atoms with van der Waals surface area (Å²) in [5, 5.41) is 9.65. The number of esters is 1. The highest BCUT2D eigenvalue weighted by atomic mass is 16.6. The molecule has 0 aliphatic carbocycles. The molecule has 0 aliphatic rings. The summed E-state index contributed by atoms with van der Waals surface area (Å²) in [5.74, 6) is -0.218. The van der Waals surface area contributed by atoms with Crippen LogP contribution in [0.4, 0.5) is 0 Å². The van der Waals surface area contributed by atoms with E-state index < -0.39 is 6.10 Å². The number of allylic oxidation sites excluding steroid dienone is 20. The second kappa shape index (κ2) is 52.9. The Balaban J connectivity index is 3.50. The Morgan fingerprint density at radius 1 is 0.393 bits per heavy atom. The third kappa shape index (κ3) is 51.0. The van der Waals surface area contributed by atoms with Crippen molar-refractivity contribution in [3.05, 3.63) is 122 Å². The van der Waals surface area contributed by atoms with Gasteiger partial charge >= 0.3 is 5.97 Å². The molecule has 0 rings (SSSR count). The van der Waals surface area contributed by atoms with Crippen molar-refractivity contribution in [2.24, 2.45) is 0 Å². The Morgan fingerprint density at radius 3 is 1.03 bits per heavy atom. The smallest absolute Gasteiger partial charge is 0.306 e. The van der Waals surface area contributed by atoms with Crippen LogP contribution in [0.2, 0.25) is 0 Å². The zero-order chi connectivity index (χ0) is 44.0. The first-order valence-electron chi connectivity index (χ1n) is 25.1. The van der Waals surface area contributed by atoms with Gasteiger partial charge in [-0.3, -0.25) is 4.79 Å². The number of aliphatic hydroxyl groups is 1. The van der Waals surface area contributed by atoms with Crippen molar-refractivity contribution < 1.29 is 19.4 Å². The van der Waals surface area contributed by atoms with Crippen LogP contribution in [0.5, 0.6) is 0 Å². The number of ether oxygens (including phenoxy) is 2. The van der Waals surface area contributed by atoms with E-state index in [4.69, 9.17) is 9.47 Å². The first kappa shape index (κ1) is 57.8. The summed E-state index contributed by atoms with van der Waals surface area (Å²) < 4.78 is 11.2. The minimum Gasteiger partial charge on any atom is -0.457 e. The first-order valence-corrected chi connectivity index (χ1v) is 25.1. The molecule has 1 N–H and O–H groups in total. The maximum atomic E-state index is 12.3. The molecule has 4 nitrogen and oxygen atoms in total. The standard InChI is InChI=1S/C57H94O4/c1-3-5-7-9-11-13-15-17-19-21-23-25-27-28-29-31-33-35-37-39-41-43-45-47-49-51-53-60-55-56(54-58)61-57(59)52-50-48-46-44-42-40-38-36-34-32-30-26-24-22-20-18-16-14-12-10-8-6-4-2/h5-8,11-14,17-20,23-26,28-29,32,34,56,58H,3-4,9-10,15-16,21-22,27,30-31,33,35-55H2,1-2H3/b7-5-,8-6-,13-11-,14-12-,19-17-,20-18-,25-23-,26-24-,29-28-,34-32-. The molecule has 0 heterocycles. The fourth-order valence-electron chi connectivity index (χ4n) is 6.62. The van der Waals surface area contributed by atoms with Gasteiger partial charge in [0.1, 0.15) is 6.10 Å². The van der Waals surface area contributed by atoms with Gasteiger partial charge in [0.25, 0.3) is 0 Å². The summed E-state index contributed by atoms with van der Waals surface area (Å²) in [6.07, 6.45) is 78.5. The van der Waals surface area contributed by atoms with Gasteiger partial charge in [0, 0.05) is 13.0 Å². The van der Waals surface area contributed by atoms with Crippen LogP contribution in [0.15, 0.2) is 122 Å². The van der Waals surface area contributed by atoms with E-state index in [9.17, 15) is 9.90 Å². The zero-order valence-electron chi connectivity index (χ0n) is 39.6. The molecule has 0 aromatic rings. The molecule has 0 bridgehead atoms. The summed E-state index contributed by atoms with van der Waals surface area (Å²) in [7, 11) is 0. The number of carbonyl (C=O) groups excluding carboxylic acids is 1. The minimum absolute atomic E-state index is 0.186. The average molecular weight is 843 g/mol. The molecule has 0 saturated carbocycles. The number of aliphatic hydroxyl groups excluding tert-OH is 1. The van der Waals surface area contributed by atoms with E-state index >= 15 is 0 Å². The van der Waals surface area contributed by atoms with Crippen molar-refractivity contribution in [2.45, 2.75) is 213 Å². The van der Waals surface area contributed by atoms with Crippen molar-refractivity contribution >= 4 is 5.97 Å². The fourth-order valence-corrected chi connectivity index (χ4v) is 6.62. The molecule has 0 saturated heterocycles. The molecule has 4 heteroatoms. The Labute approximate surface area is 377 Å². The summed E-state index contributed by atoms with van der Waals surface area (Å²) in [6.45, 7) is 5.09. The SMILES string of the molecule is CC/C=C\C/C=C\C/C=C\C/C=C\C/C=C\CCCCCCCCCCCCOCC(CO)OC(=O)CCCCCCCCC/C=C\C/C=C\C/C=C\C/C=C\C/C=C\CC. The Bertz CT molecular complexity index is 1210. The number of hydrogen-bond acceptors (Lipinski definition) is 4. The lowest BCUT2D eigenvalue weighted by Gasteiger charge is -2.16. The molecule has 0 aromatic carbocycles. The van der Waals surface area contributed by atoms with Crippen LogP contribution in [0.25, 0.3) is 0 Å². The van der Waals surface area contributed by atoms with E-state index in [0.29, 0.717) is 13.0 Å². The third-order valence-electron chi connectivity index (χ3n) is 10.3. The van der Waals surface area contributed by atoms with Crippen molar-refractivity contribution in [3.63, 3.8) is 0 Å². The van der Waals surface area contributed by atoms with E-state index in [-0.39, 0.29) is 19.2 Å². The Morgan fingerprint density at radius 2 is 0.689 bits per heavy atom. The van der Waals surface area contributed by atoms with E-state index in [2.05, 4.69) is 135 Å². The van der Waals surface area contributed by atoms with Crippen LogP contribution in [-0.2, 0) is 14.3 Å². The summed E-state index contributed by atoms with van der Waals surface area (Å²) >= 11 is 0. The number of hydrogen-bond donors (Lipinski definition) is 1. The molecular formula is C57H94O4. The molecule has 61 heavy (non-hydrogen) atoms. The lowest BCUT2D eigenvalue weighted by atomic mass is 10.1. The van der Waals surface area contributed by atoms with Gasteiger partial charge in [-0.25, -0.2) is 0 Å². The molecule has 0 radical (unpaired) electrons. The monoisotopic (exact) mass is 843 g/mol. The highest BCUT2D eigenvalue weighted by Crippen LogP contribution is 2.13. The average Bonchev–Trinajstić information content (AvgIpc) is 3.27. The van der Waals surface area contributed by atoms with Crippen LogP contribution >= 0.6 is 0 Å². The van der Waals surface area contributed by atoms with Crippen molar-refractivity contribution in [3.8, 4) is 0 Å². The predicted octanol–water partition coefficient (Wildman–Crippen LogP) is 17.2. The second-order valence-electron chi connectivity index (χ2n) is 16.1. The third-order valence-corrected chi connectivity index (χ3v) is 10.3. The molecule has 1 unspecified atom stereocenters. The quantitative estimate of drug-likeness (QED) is 0.0377. The van der Waals surface area contributed by atoms with E-state index in [1.165, 1.54) is 89.9 Å². The van der Waals surface area contributed by atoms with Gasteiger partial charge in [-0.1, -0.05) is 219 Å².